The van der Waals surface area contributed by atoms with Crippen LogP contribution in [0.25, 0.3) is 0 Å². The fraction of sp³-hybridized carbons (Fsp3) is 0.647. The first-order valence-electron chi connectivity index (χ1n) is 7.95. The van der Waals surface area contributed by atoms with Gasteiger partial charge in [0.25, 0.3) is 0 Å². The van der Waals surface area contributed by atoms with Gasteiger partial charge in [0.1, 0.15) is 0 Å². The highest BCUT2D eigenvalue weighted by Crippen LogP contribution is 2.33. The Morgan fingerprint density at radius 2 is 1.95 bits per heavy atom. The summed E-state index contributed by atoms with van der Waals surface area (Å²) >= 11 is 0. The molecule has 1 atom stereocenters. The van der Waals surface area contributed by atoms with Crippen LogP contribution in [-0.4, -0.2) is 30.6 Å². The van der Waals surface area contributed by atoms with Gasteiger partial charge < -0.3 is 5.32 Å². The van der Waals surface area contributed by atoms with Crippen LogP contribution >= 0.6 is 0 Å². The lowest BCUT2D eigenvalue weighted by Crippen LogP contribution is -2.39. The molecule has 2 aliphatic rings. The van der Waals surface area contributed by atoms with Crippen molar-refractivity contribution in [3.63, 3.8) is 0 Å². The van der Waals surface area contributed by atoms with E-state index in [0.717, 1.165) is 12.6 Å². The fourth-order valence-corrected chi connectivity index (χ4v) is 3.79. The van der Waals surface area contributed by atoms with Crippen LogP contribution in [0.3, 0.4) is 0 Å². The highest BCUT2D eigenvalue weighted by molar-refractivity contribution is 5.57. The Bertz CT molecular complexity index is 409. The zero-order valence-electron chi connectivity index (χ0n) is 12.1. The standard InChI is InChI=1S/C17H26N2/c1-2-19(15-8-4-3-5-9-15)13-14-12-18-17-11-7-6-10-16(14)17/h6-7,10-11,14-15,18H,2-5,8-9,12-13H2,1H3. The molecule has 2 heteroatoms. The van der Waals surface area contributed by atoms with E-state index in [-0.39, 0.29) is 0 Å². The molecular formula is C17H26N2. The van der Waals surface area contributed by atoms with Gasteiger partial charge >= 0.3 is 0 Å². The molecule has 0 saturated heterocycles. The monoisotopic (exact) mass is 258 g/mol. The lowest BCUT2D eigenvalue weighted by Gasteiger charge is -2.35. The number of fused-ring (bicyclic) bond motifs is 1. The molecule has 19 heavy (non-hydrogen) atoms. The third-order valence-electron chi connectivity index (χ3n) is 4.89. The van der Waals surface area contributed by atoms with Gasteiger partial charge in [0.05, 0.1) is 0 Å². The van der Waals surface area contributed by atoms with Gasteiger partial charge in [-0.15, -0.1) is 0 Å². The molecule has 1 aromatic carbocycles. The van der Waals surface area contributed by atoms with Crippen molar-refractivity contribution in [2.45, 2.75) is 51.0 Å². The minimum Gasteiger partial charge on any atom is -0.384 e. The Kier molecular flexibility index (Phi) is 4.07. The maximum atomic E-state index is 3.56. The van der Waals surface area contributed by atoms with Gasteiger partial charge in [-0.1, -0.05) is 44.4 Å². The maximum absolute atomic E-state index is 3.56. The SMILES string of the molecule is CCN(CC1CNc2ccccc21)C1CCCCC1. The van der Waals surface area contributed by atoms with E-state index in [4.69, 9.17) is 0 Å². The minimum absolute atomic E-state index is 0.679. The average molecular weight is 258 g/mol. The predicted molar refractivity (Wildman–Crippen MR) is 81.8 cm³/mol. The summed E-state index contributed by atoms with van der Waals surface area (Å²) in [5.41, 5.74) is 2.88. The van der Waals surface area contributed by atoms with Crippen LogP contribution in [0.5, 0.6) is 0 Å². The zero-order valence-corrected chi connectivity index (χ0v) is 12.1. The van der Waals surface area contributed by atoms with Crippen LogP contribution in [-0.2, 0) is 0 Å². The quantitative estimate of drug-likeness (QED) is 0.882. The minimum atomic E-state index is 0.679. The van der Waals surface area contributed by atoms with Crippen molar-refractivity contribution in [2.24, 2.45) is 0 Å². The van der Waals surface area contributed by atoms with E-state index in [9.17, 15) is 0 Å². The zero-order chi connectivity index (χ0) is 13.1. The Morgan fingerprint density at radius 3 is 2.74 bits per heavy atom. The highest BCUT2D eigenvalue weighted by Gasteiger charge is 2.27. The van der Waals surface area contributed by atoms with Crippen molar-refractivity contribution in [1.82, 2.24) is 4.90 Å². The van der Waals surface area contributed by atoms with Crippen molar-refractivity contribution in [3.8, 4) is 0 Å². The molecule has 1 fully saturated rings. The van der Waals surface area contributed by atoms with Crippen LogP contribution in [0.15, 0.2) is 24.3 Å². The van der Waals surface area contributed by atoms with Crippen molar-refractivity contribution in [2.75, 3.05) is 25.0 Å². The largest absolute Gasteiger partial charge is 0.384 e. The molecule has 1 aromatic rings. The molecule has 104 valence electrons. The first-order valence-corrected chi connectivity index (χ1v) is 7.95. The van der Waals surface area contributed by atoms with Gasteiger partial charge in [0, 0.05) is 30.7 Å². The number of rotatable bonds is 4. The molecule has 3 rings (SSSR count). The first kappa shape index (κ1) is 13.0. The second kappa shape index (κ2) is 5.96. The van der Waals surface area contributed by atoms with Crippen molar-refractivity contribution >= 4 is 5.69 Å². The Balaban J connectivity index is 1.67. The normalized spacial score (nSPS) is 23.4. The summed E-state index contributed by atoms with van der Waals surface area (Å²) < 4.78 is 0. The molecule has 0 radical (unpaired) electrons. The number of benzene rings is 1. The van der Waals surface area contributed by atoms with Crippen LogP contribution < -0.4 is 5.32 Å². The second-order valence-electron chi connectivity index (χ2n) is 6.04. The molecule has 1 saturated carbocycles. The van der Waals surface area contributed by atoms with E-state index in [1.165, 1.54) is 56.4 Å². The van der Waals surface area contributed by atoms with Crippen molar-refractivity contribution in [3.05, 3.63) is 29.8 Å². The van der Waals surface area contributed by atoms with Crippen LogP contribution in [0, 0.1) is 0 Å². The molecule has 0 aromatic heterocycles. The van der Waals surface area contributed by atoms with Crippen molar-refractivity contribution in [1.29, 1.82) is 0 Å². The third kappa shape index (κ3) is 2.79. The van der Waals surface area contributed by atoms with E-state index < -0.39 is 0 Å². The molecule has 1 heterocycles. The number of hydrogen-bond acceptors (Lipinski definition) is 2. The topological polar surface area (TPSA) is 15.3 Å². The molecule has 0 spiro atoms. The van der Waals surface area contributed by atoms with Crippen LogP contribution in [0.1, 0.15) is 50.5 Å². The molecule has 1 aliphatic heterocycles. The maximum Gasteiger partial charge on any atom is 0.0376 e. The van der Waals surface area contributed by atoms with Gasteiger partial charge in [-0.05, 0) is 31.0 Å². The molecule has 2 nitrogen and oxygen atoms in total. The summed E-state index contributed by atoms with van der Waals surface area (Å²) in [4.78, 5) is 2.73. The number of anilines is 1. The molecular weight excluding hydrogens is 232 g/mol. The van der Waals surface area contributed by atoms with Crippen molar-refractivity contribution < 1.29 is 0 Å². The van der Waals surface area contributed by atoms with Crippen LogP contribution in [0.2, 0.25) is 0 Å². The molecule has 1 N–H and O–H groups in total. The highest BCUT2D eigenvalue weighted by atomic mass is 15.2. The smallest absolute Gasteiger partial charge is 0.0376 e. The number of nitrogens with one attached hydrogen (secondary N) is 1. The fourth-order valence-electron chi connectivity index (χ4n) is 3.79. The van der Waals surface area contributed by atoms with Gasteiger partial charge in [-0.3, -0.25) is 4.90 Å². The predicted octanol–water partition coefficient (Wildman–Crippen LogP) is 3.85. The van der Waals surface area contributed by atoms with Gasteiger partial charge in [-0.2, -0.15) is 0 Å². The molecule has 0 bridgehead atoms. The molecule has 1 unspecified atom stereocenters. The number of hydrogen-bond donors (Lipinski definition) is 1. The summed E-state index contributed by atoms with van der Waals surface area (Å²) in [6, 6.07) is 9.66. The summed E-state index contributed by atoms with van der Waals surface area (Å²) in [5, 5.41) is 3.56. The lowest BCUT2D eigenvalue weighted by atomic mass is 9.92. The molecule has 1 aliphatic carbocycles. The molecule has 0 amide bonds. The Labute approximate surface area is 117 Å². The van der Waals surface area contributed by atoms with Gasteiger partial charge in [-0.25, -0.2) is 0 Å². The second-order valence-corrected chi connectivity index (χ2v) is 6.04. The Hall–Kier alpha value is -1.02. The average Bonchev–Trinajstić information content (AvgIpc) is 2.89. The van der Waals surface area contributed by atoms with E-state index in [1.807, 2.05) is 0 Å². The number of likely N-dealkylation sites (N-methyl/N-ethyl adjacent to an activating group) is 1. The first-order chi connectivity index (χ1) is 9.38. The summed E-state index contributed by atoms with van der Waals surface area (Å²) in [5.74, 6) is 0.679. The summed E-state index contributed by atoms with van der Waals surface area (Å²) in [6.07, 6.45) is 7.13. The lowest BCUT2D eigenvalue weighted by molar-refractivity contribution is 0.156. The van der Waals surface area contributed by atoms with E-state index >= 15 is 0 Å². The van der Waals surface area contributed by atoms with Gasteiger partial charge in [0.15, 0.2) is 0 Å². The van der Waals surface area contributed by atoms with E-state index in [2.05, 4.69) is 41.4 Å². The number of nitrogens with zero attached hydrogens (tertiary/aromatic N) is 1. The Morgan fingerprint density at radius 1 is 1.16 bits per heavy atom. The van der Waals surface area contributed by atoms with Gasteiger partial charge in [0.2, 0.25) is 0 Å². The van der Waals surface area contributed by atoms with Crippen LogP contribution in [0.4, 0.5) is 5.69 Å². The third-order valence-corrected chi connectivity index (χ3v) is 4.89. The van der Waals surface area contributed by atoms with E-state index in [1.54, 1.807) is 0 Å². The summed E-state index contributed by atoms with van der Waals surface area (Å²) in [6.45, 7) is 5.86. The summed E-state index contributed by atoms with van der Waals surface area (Å²) in [7, 11) is 0. The van der Waals surface area contributed by atoms with E-state index in [0.29, 0.717) is 5.92 Å². The number of para-hydroxylation sites is 1.